The Balaban J connectivity index is 1.83. The van der Waals surface area contributed by atoms with Crippen LogP contribution in [0.15, 0.2) is 48.5 Å². The highest BCUT2D eigenvalue weighted by Crippen LogP contribution is 2.40. The summed E-state index contributed by atoms with van der Waals surface area (Å²) in [6.07, 6.45) is 0.0888. The fourth-order valence-corrected chi connectivity index (χ4v) is 4.01. The number of carbonyl (C=O) groups excluding carboxylic acids is 2. The van der Waals surface area contributed by atoms with Gasteiger partial charge in [-0.3, -0.25) is 9.59 Å². The summed E-state index contributed by atoms with van der Waals surface area (Å²) in [6.45, 7) is 0.457. The Kier molecular flexibility index (Phi) is 10.5. The average molecular weight is 483 g/mol. The molecule has 0 saturated carbocycles. The predicted molar refractivity (Wildman–Crippen MR) is 130 cm³/mol. The molecule has 1 amide bonds. The second-order valence-electron chi connectivity index (χ2n) is 7.17. The minimum Gasteiger partial charge on any atom is -0.386 e. The van der Waals surface area contributed by atoms with Crippen LogP contribution >= 0.6 is 30.2 Å². The van der Waals surface area contributed by atoms with Crippen molar-refractivity contribution in [2.75, 3.05) is 13.7 Å². The van der Waals surface area contributed by atoms with Gasteiger partial charge < -0.3 is 15.2 Å². The van der Waals surface area contributed by atoms with Gasteiger partial charge in [0.2, 0.25) is 5.91 Å². The molecule has 31 heavy (non-hydrogen) atoms. The first kappa shape index (κ1) is 25.9. The van der Waals surface area contributed by atoms with Gasteiger partial charge >= 0.3 is 0 Å². The predicted octanol–water partition coefficient (Wildman–Crippen LogP) is 3.74. The van der Waals surface area contributed by atoms with Gasteiger partial charge in [-0.1, -0.05) is 78.8 Å². The molecule has 168 valence electrons. The monoisotopic (exact) mass is 483 g/mol. The number of halogens is 1. The van der Waals surface area contributed by atoms with E-state index in [2.05, 4.69) is 23.8 Å². The first-order valence-electron chi connectivity index (χ1n) is 9.73. The van der Waals surface area contributed by atoms with Crippen molar-refractivity contribution < 1.29 is 23.8 Å². The van der Waals surface area contributed by atoms with E-state index in [0.29, 0.717) is 24.2 Å². The van der Waals surface area contributed by atoms with Crippen molar-refractivity contribution in [3.05, 3.63) is 70.8 Å². The molecule has 0 aromatic heterocycles. The third kappa shape index (κ3) is 8.96. The first-order chi connectivity index (χ1) is 14.7. The van der Waals surface area contributed by atoms with Crippen LogP contribution in [-0.4, -0.2) is 35.5 Å². The number of benzene rings is 2. The van der Waals surface area contributed by atoms with E-state index in [1.54, 1.807) is 31.3 Å². The van der Waals surface area contributed by atoms with Crippen LogP contribution in [0.3, 0.4) is 0 Å². The van der Waals surface area contributed by atoms with Crippen molar-refractivity contribution in [1.82, 2.24) is 5.32 Å². The number of thioether (sulfide) groups is 1. The van der Waals surface area contributed by atoms with Gasteiger partial charge in [-0.15, -0.1) is 0 Å². The van der Waals surface area contributed by atoms with Crippen LogP contribution in [0.1, 0.15) is 34.8 Å². The second-order valence-corrected chi connectivity index (χ2v) is 10.7. The van der Waals surface area contributed by atoms with Crippen LogP contribution in [0.4, 0.5) is 4.39 Å². The summed E-state index contributed by atoms with van der Waals surface area (Å²) in [5.41, 5.74) is 3.90. The van der Waals surface area contributed by atoms with Gasteiger partial charge in [0.1, 0.15) is 6.10 Å². The molecule has 2 aromatic rings. The number of nitrogens with one attached hydrogen (secondary N) is 1. The lowest BCUT2D eigenvalue weighted by Crippen LogP contribution is -2.23. The largest absolute Gasteiger partial charge is 0.386 e. The van der Waals surface area contributed by atoms with Gasteiger partial charge in [0.25, 0.3) is 0 Å². The van der Waals surface area contributed by atoms with Gasteiger partial charge in [-0.2, -0.15) is 0 Å². The van der Waals surface area contributed by atoms with Crippen LogP contribution in [0, 0.1) is 0 Å². The molecule has 0 saturated heterocycles. The van der Waals surface area contributed by atoms with Crippen LogP contribution in [0.5, 0.6) is 0 Å². The Hall–Kier alpha value is -1.36. The second kappa shape index (κ2) is 12.6. The minimum atomic E-state index is -1.58. The Morgan fingerprint density at radius 2 is 1.81 bits per heavy atom. The maximum absolute atomic E-state index is 13.9. The lowest BCUT2D eigenvalue weighted by Gasteiger charge is -2.16. The molecule has 0 aliphatic carbocycles. The molecular weight excluding hydrogens is 455 g/mol. The fourth-order valence-electron chi connectivity index (χ4n) is 2.94. The zero-order valence-corrected chi connectivity index (χ0v) is 20.4. The number of hydrogen-bond acceptors (Lipinski definition) is 5. The number of hydrogen-bond donors (Lipinski definition) is 2. The summed E-state index contributed by atoms with van der Waals surface area (Å²) in [5, 5.41) is 11.2. The number of rotatable bonds is 12. The minimum absolute atomic E-state index is 0.0937. The normalized spacial score (nSPS) is 13.5. The third-order valence-corrected chi connectivity index (χ3v) is 6.20. The number of amides is 1. The smallest absolute Gasteiger partial charge is 0.220 e. The Labute approximate surface area is 191 Å². The van der Waals surface area contributed by atoms with Crippen molar-refractivity contribution in [2.45, 2.75) is 36.0 Å². The van der Waals surface area contributed by atoms with E-state index in [-0.39, 0.29) is 24.2 Å². The van der Waals surface area contributed by atoms with E-state index >= 15 is 0 Å². The van der Waals surface area contributed by atoms with Gasteiger partial charge in [0, 0.05) is 18.7 Å². The summed E-state index contributed by atoms with van der Waals surface area (Å²) in [5.74, 6) is -0.0937. The number of carbonyl (C=O) groups is 2. The molecule has 2 aromatic carbocycles. The topological polar surface area (TPSA) is 75.6 Å². The Bertz CT molecular complexity index is 844. The molecule has 0 aliphatic heterocycles. The molecule has 0 radical (unpaired) electrons. The van der Waals surface area contributed by atoms with Crippen LogP contribution in [0.2, 0.25) is 0 Å². The molecule has 4 unspecified atom stereocenters. The summed E-state index contributed by atoms with van der Waals surface area (Å²) in [4.78, 5) is 22.4. The molecule has 2 rings (SSSR count). The maximum Gasteiger partial charge on any atom is 0.220 e. The van der Waals surface area contributed by atoms with Crippen molar-refractivity contribution in [3.8, 4) is 0 Å². The maximum atomic E-state index is 13.9. The van der Waals surface area contributed by atoms with Crippen LogP contribution in [-0.2, 0) is 32.5 Å². The van der Waals surface area contributed by atoms with Crippen LogP contribution < -0.4 is 5.32 Å². The third-order valence-electron chi connectivity index (χ3n) is 4.71. The molecule has 0 heterocycles. The summed E-state index contributed by atoms with van der Waals surface area (Å²) in [6, 6.07) is 14.4. The zero-order valence-electron chi connectivity index (χ0n) is 17.3. The number of ether oxygens (including phenoxy) is 1. The summed E-state index contributed by atoms with van der Waals surface area (Å²) < 4.78 is 19.5. The number of aliphatic hydroxyl groups excluding tert-OH is 1. The van der Waals surface area contributed by atoms with Gasteiger partial charge in [0.05, 0.1) is 13.2 Å². The Morgan fingerprint density at radius 1 is 1.19 bits per heavy atom. The quantitative estimate of drug-likeness (QED) is 0.356. The van der Waals surface area contributed by atoms with Gasteiger partial charge in [-0.05, 0) is 28.7 Å². The lowest BCUT2D eigenvalue weighted by molar-refractivity contribution is -0.120. The highest BCUT2D eigenvalue weighted by Gasteiger charge is 2.19. The molecule has 2 N–H and O–H groups in total. The fraction of sp³-hybridized carbons (Fsp3) is 0.364. The van der Waals surface area contributed by atoms with E-state index < -0.39 is 11.3 Å². The summed E-state index contributed by atoms with van der Waals surface area (Å²) >= 11 is 1.12. The molecule has 9 heteroatoms. The zero-order chi connectivity index (χ0) is 22.9. The molecule has 0 fully saturated rings. The van der Waals surface area contributed by atoms with E-state index in [1.807, 2.05) is 24.3 Å². The Morgan fingerprint density at radius 3 is 2.35 bits per heavy atom. The van der Waals surface area contributed by atoms with E-state index in [4.69, 9.17) is 4.74 Å². The average Bonchev–Trinajstić information content (AvgIpc) is 2.74. The van der Waals surface area contributed by atoms with Gasteiger partial charge in [-0.25, -0.2) is 4.39 Å². The van der Waals surface area contributed by atoms with E-state index in [0.717, 1.165) is 28.5 Å². The molecule has 0 bridgehead atoms. The van der Waals surface area contributed by atoms with Gasteiger partial charge in [0.15, 0.2) is 10.8 Å². The van der Waals surface area contributed by atoms with Crippen molar-refractivity contribution in [3.63, 3.8) is 0 Å². The molecule has 0 aliphatic rings. The molecule has 4 atom stereocenters. The van der Waals surface area contributed by atoms with Crippen molar-refractivity contribution >= 4 is 41.8 Å². The standard InChI is InChI=1S/C22H28FNO4P2S/c1-24-21(27)11-19(31-14-25)10-15-2-4-16(5-3-15)12-28-13-20(26)17-6-8-18(9-7-17)22(23,29)30/h2-9,14,19-20,26H,10-13,29-30H2,1H3,(H,24,27). The van der Waals surface area contributed by atoms with Crippen molar-refractivity contribution in [2.24, 2.45) is 0 Å². The van der Waals surface area contributed by atoms with Crippen molar-refractivity contribution in [1.29, 1.82) is 0 Å². The number of aliphatic hydroxyl groups is 1. The first-order valence-corrected chi connectivity index (χ1v) is 11.8. The molecule has 0 spiro atoms. The highest BCUT2D eigenvalue weighted by molar-refractivity contribution is 8.12. The highest BCUT2D eigenvalue weighted by atomic mass is 32.2. The summed E-state index contributed by atoms with van der Waals surface area (Å²) in [7, 11) is 5.80. The molecular formula is C22H28FNO4P2S. The van der Waals surface area contributed by atoms with E-state index in [1.165, 1.54) is 0 Å². The SMILES string of the molecule is CNC(=O)CC(Cc1ccc(COCC(O)c2ccc(C(F)(P)P)cc2)cc1)SC=O. The number of alkyl halides is 1. The van der Waals surface area contributed by atoms with E-state index in [9.17, 15) is 19.1 Å². The molecule has 5 nitrogen and oxygen atoms in total. The van der Waals surface area contributed by atoms with Crippen LogP contribution in [0.25, 0.3) is 0 Å². The lowest BCUT2D eigenvalue weighted by atomic mass is 10.1.